The van der Waals surface area contributed by atoms with Crippen LogP contribution in [-0.2, 0) is 21.4 Å². The van der Waals surface area contributed by atoms with Crippen molar-refractivity contribution in [2.75, 3.05) is 20.2 Å². The van der Waals surface area contributed by atoms with Crippen LogP contribution in [0.4, 0.5) is 0 Å². The first-order chi connectivity index (χ1) is 17.0. The van der Waals surface area contributed by atoms with E-state index in [1.807, 2.05) is 0 Å². The lowest BCUT2D eigenvalue weighted by Crippen LogP contribution is -2.43. The molecule has 0 radical (unpaired) electrons. The van der Waals surface area contributed by atoms with Gasteiger partial charge in [0.05, 0.1) is 5.41 Å². The average Bonchev–Trinajstić information content (AvgIpc) is 3.27. The Morgan fingerprint density at radius 1 is 0.914 bits per heavy atom. The van der Waals surface area contributed by atoms with Crippen LogP contribution >= 0.6 is 0 Å². The van der Waals surface area contributed by atoms with E-state index in [1.165, 1.54) is 16.7 Å². The minimum Gasteiger partial charge on any atom is -0.492 e. The van der Waals surface area contributed by atoms with E-state index in [0.717, 1.165) is 25.1 Å². The third kappa shape index (κ3) is 6.58. The molecule has 2 atom stereocenters. The molecule has 0 aromatic heterocycles. The van der Waals surface area contributed by atoms with Crippen LogP contribution in [0.25, 0.3) is 0 Å². The first-order valence-electron chi connectivity index (χ1n) is 11.6. The van der Waals surface area contributed by atoms with E-state index in [9.17, 15) is 9.59 Å². The number of benzene rings is 3. The first kappa shape index (κ1) is 25.7. The van der Waals surface area contributed by atoms with Crippen molar-refractivity contribution in [3.8, 4) is 5.75 Å². The Labute approximate surface area is 205 Å². The van der Waals surface area contributed by atoms with Gasteiger partial charge in [0.15, 0.2) is 0 Å². The van der Waals surface area contributed by atoms with Crippen molar-refractivity contribution in [1.29, 1.82) is 0 Å². The number of carboxylic acids is 2. The highest BCUT2D eigenvalue weighted by atomic mass is 16.5. The summed E-state index contributed by atoms with van der Waals surface area (Å²) in [5.74, 6) is -1.05. The van der Waals surface area contributed by atoms with Crippen molar-refractivity contribution in [2.24, 2.45) is 5.92 Å². The quantitative estimate of drug-likeness (QED) is 0.395. The Hall–Kier alpha value is -3.90. The topological polar surface area (TPSA) is 95.9 Å². The van der Waals surface area contributed by atoms with E-state index in [4.69, 9.17) is 14.9 Å². The summed E-state index contributed by atoms with van der Waals surface area (Å²) in [5.41, 5.74) is 3.96. The maximum atomic E-state index is 9.55. The highest BCUT2D eigenvalue weighted by Crippen LogP contribution is 2.49. The molecular formula is C29H31NO5. The number of fused-ring (bicyclic) bond motifs is 1. The van der Waals surface area contributed by atoms with Crippen molar-refractivity contribution in [3.63, 3.8) is 0 Å². The van der Waals surface area contributed by atoms with Gasteiger partial charge in [0.2, 0.25) is 0 Å². The maximum absolute atomic E-state index is 9.55. The maximum Gasteiger partial charge on any atom is 0.328 e. The van der Waals surface area contributed by atoms with Gasteiger partial charge >= 0.3 is 11.9 Å². The molecular weight excluding hydrogens is 442 g/mol. The van der Waals surface area contributed by atoms with Gasteiger partial charge in [0.25, 0.3) is 0 Å². The molecule has 3 N–H and O–H groups in total. The number of aryl methyl sites for hydroxylation is 1. The van der Waals surface area contributed by atoms with Gasteiger partial charge in [0, 0.05) is 17.7 Å². The van der Waals surface area contributed by atoms with Crippen LogP contribution in [0.5, 0.6) is 5.75 Å². The lowest BCUT2D eigenvalue weighted by molar-refractivity contribution is -0.134. The lowest BCUT2D eigenvalue weighted by atomic mass is 9.65. The van der Waals surface area contributed by atoms with Gasteiger partial charge in [-0.05, 0) is 49.5 Å². The number of carbonyl (C=O) groups is 2. The van der Waals surface area contributed by atoms with E-state index in [-0.39, 0.29) is 5.41 Å². The number of aliphatic carboxylic acids is 2. The molecule has 3 aromatic rings. The van der Waals surface area contributed by atoms with Gasteiger partial charge < -0.3 is 20.3 Å². The Balaban J connectivity index is 0.000000371. The molecule has 6 nitrogen and oxygen atoms in total. The molecule has 1 aliphatic rings. The molecule has 6 heteroatoms. The number of carboxylic acid groups (broad SMARTS) is 2. The van der Waals surface area contributed by atoms with Crippen LogP contribution in [0.2, 0.25) is 0 Å². The van der Waals surface area contributed by atoms with Crippen LogP contribution in [-0.4, -0.2) is 42.4 Å². The normalized spacial score (nSPS) is 17.1. The second-order valence-corrected chi connectivity index (χ2v) is 8.41. The number of rotatable bonds is 9. The summed E-state index contributed by atoms with van der Waals surface area (Å²) in [6.45, 7) is 1.66. The molecule has 0 fully saturated rings. The molecule has 2 unspecified atom stereocenters. The van der Waals surface area contributed by atoms with Crippen LogP contribution in [0.3, 0.4) is 0 Å². The summed E-state index contributed by atoms with van der Waals surface area (Å²) in [7, 11) is 2.05. The summed E-state index contributed by atoms with van der Waals surface area (Å²) >= 11 is 0. The molecule has 35 heavy (non-hydrogen) atoms. The predicted molar refractivity (Wildman–Crippen MR) is 136 cm³/mol. The molecule has 0 spiro atoms. The summed E-state index contributed by atoms with van der Waals surface area (Å²) in [6.07, 6.45) is 3.30. The van der Waals surface area contributed by atoms with Crippen LogP contribution < -0.4 is 10.1 Å². The molecule has 0 aliphatic carbocycles. The number of nitrogens with one attached hydrogen (secondary N) is 1. The Bertz CT molecular complexity index is 1110. The zero-order valence-electron chi connectivity index (χ0n) is 19.8. The van der Waals surface area contributed by atoms with E-state index in [1.54, 1.807) is 0 Å². The smallest absolute Gasteiger partial charge is 0.328 e. The van der Waals surface area contributed by atoms with Crippen molar-refractivity contribution in [3.05, 3.63) is 114 Å². The number of hydrogen-bond donors (Lipinski definition) is 3. The monoisotopic (exact) mass is 473 g/mol. The van der Waals surface area contributed by atoms with Crippen molar-refractivity contribution in [2.45, 2.75) is 18.3 Å². The van der Waals surface area contributed by atoms with Crippen LogP contribution in [0, 0.1) is 5.92 Å². The third-order valence-corrected chi connectivity index (χ3v) is 6.25. The zero-order chi connectivity index (χ0) is 25.1. The first-order valence-corrected chi connectivity index (χ1v) is 11.6. The van der Waals surface area contributed by atoms with Gasteiger partial charge in [-0.1, -0.05) is 78.9 Å². The lowest BCUT2D eigenvalue weighted by Gasteiger charge is -2.37. The summed E-state index contributed by atoms with van der Waals surface area (Å²) < 4.78 is 6.22. The Kier molecular flexibility index (Phi) is 9.21. The molecule has 0 saturated carbocycles. The number of para-hydroxylation sites is 1. The van der Waals surface area contributed by atoms with Crippen molar-refractivity contribution in [1.82, 2.24) is 5.32 Å². The van der Waals surface area contributed by atoms with Gasteiger partial charge in [-0.15, -0.1) is 0 Å². The second-order valence-electron chi connectivity index (χ2n) is 8.41. The zero-order valence-corrected chi connectivity index (χ0v) is 19.8. The molecule has 1 heterocycles. The predicted octanol–water partition coefficient (Wildman–Crippen LogP) is 4.55. The van der Waals surface area contributed by atoms with E-state index >= 15 is 0 Å². The second kappa shape index (κ2) is 12.5. The fourth-order valence-corrected chi connectivity index (χ4v) is 4.68. The Morgan fingerprint density at radius 3 is 2.09 bits per heavy atom. The standard InChI is InChI=1S/C25H27NO.C4H4O4/c1-26-18-22(17-16-20-10-4-2-5-11-20)25(21-12-6-3-7-13-21)19-27-24-15-9-8-14-23(24)25;5-3(6)1-2-4(7)8/h2-15,22,26H,16-19H2,1H3;1-2H,(H,5,6)(H,7,8)/b;2-1+. The van der Waals surface area contributed by atoms with Crippen LogP contribution in [0.15, 0.2) is 97.1 Å². The van der Waals surface area contributed by atoms with Gasteiger partial charge in [-0.2, -0.15) is 0 Å². The molecule has 0 saturated heterocycles. The summed E-state index contributed by atoms with van der Waals surface area (Å²) in [5, 5.41) is 19.1. The minimum absolute atomic E-state index is 0.115. The van der Waals surface area contributed by atoms with Crippen molar-refractivity contribution < 1.29 is 24.5 Å². The van der Waals surface area contributed by atoms with E-state index in [2.05, 4.69) is 97.3 Å². The fourth-order valence-electron chi connectivity index (χ4n) is 4.68. The molecule has 1 aliphatic heterocycles. The van der Waals surface area contributed by atoms with Gasteiger partial charge in [-0.3, -0.25) is 0 Å². The molecule has 0 amide bonds. The molecule has 182 valence electrons. The van der Waals surface area contributed by atoms with E-state index in [0.29, 0.717) is 24.7 Å². The number of ether oxygens (including phenoxy) is 1. The van der Waals surface area contributed by atoms with Gasteiger partial charge in [-0.25, -0.2) is 9.59 Å². The average molecular weight is 474 g/mol. The third-order valence-electron chi connectivity index (χ3n) is 6.25. The molecule has 0 bridgehead atoms. The molecule has 4 rings (SSSR count). The fraction of sp³-hybridized carbons (Fsp3) is 0.241. The number of hydrogen-bond acceptors (Lipinski definition) is 4. The SMILES string of the molecule is CNCC(CCc1ccccc1)C1(c2ccccc2)COc2ccccc21.O=C(O)/C=C/C(=O)O. The van der Waals surface area contributed by atoms with E-state index < -0.39 is 11.9 Å². The highest BCUT2D eigenvalue weighted by Gasteiger charge is 2.47. The highest BCUT2D eigenvalue weighted by molar-refractivity contribution is 5.89. The molecule has 3 aromatic carbocycles. The minimum atomic E-state index is -1.26. The Morgan fingerprint density at radius 2 is 1.49 bits per heavy atom. The van der Waals surface area contributed by atoms with Gasteiger partial charge in [0.1, 0.15) is 12.4 Å². The largest absolute Gasteiger partial charge is 0.492 e. The van der Waals surface area contributed by atoms with Crippen LogP contribution in [0.1, 0.15) is 23.1 Å². The summed E-state index contributed by atoms with van der Waals surface area (Å²) in [6, 6.07) is 30.3. The summed E-state index contributed by atoms with van der Waals surface area (Å²) in [4.78, 5) is 19.1. The van der Waals surface area contributed by atoms with Crippen molar-refractivity contribution >= 4 is 11.9 Å².